The zero-order chi connectivity index (χ0) is 18.0. The summed E-state index contributed by atoms with van der Waals surface area (Å²) in [7, 11) is -24.0. The van der Waals surface area contributed by atoms with E-state index in [4.69, 9.17) is 0 Å². The van der Waals surface area contributed by atoms with Gasteiger partial charge in [-0.3, -0.25) is 0 Å². The number of rotatable bonds is 9. The van der Waals surface area contributed by atoms with Crippen molar-refractivity contribution >= 4 is 41.6 Å². The maximum atomic E-state index is 12.5. The average Bonchev–Trinajstić information content (AvgIpc) is 2.14. The molecule has 0 radical (unpaired) electrons. The van der Waals surface area contributed by atoms with Gasteiger partial charge >= 0.3 is 41.6 Å². The number of hydrogen-bond donors (Lipinski definition) is 0. The lowest BCUT2D eigenvalue weighted by Gasteiger charge is -2.14. The molecule has 0 fully saturated rings. The molecule has 0 saturated carbocycles. The van der Waals surface area contributed by atoms with Gasteiger partial charge in [-0.05, 0) is 20.3 Å². The first-order chi connectivity index (χ1) is 9.47. The van der Waals surface area contributed by atoms with Crippen molar-refractivity contribution in [3.8, 4) is 0 Å². The molecule has 0 saturated heterocycles. The normalized spacial score (nSPS) is 14.6. The third-order valence-corrected chi connectivity index (χ3v) is 6.72. The molecule has 0 amide bonds. The van der Waals surface area contributed by atoms with Gasteiger partial charge in [0.2, 0.25) is 0 Å². The van der Waals surface area contributed by atoms with Crippen molar-refractivity contribution in [2.45, 2.75) is 12.8 Å². The highest BCUT2D eigenvalue weighted by Crippen LogP contribution is 2.16. The second kappa shape index (κ2) is 6.91. The van der Waals surface area contributed by atoms with E-state index >= 15 is 0 Å². The molecule has 18 heteroatoms. The minimum Gasteiger partial charge on any atom is -0.176 e. The summed E-state index contributed by atoms with van der Waals surface area (Å²) in [6, 6.07) is 0. The largest absolute Gasteiger partial charge is 0.390 e. The summed E-state index contributed by atoms with van der Waals surface area (Å²) in [6.45, 7) is -2.77. The van der Waals surface area contributed by atoms with Crippen LogP contribution in [0.15, 0.2) is 0 Å². The van der Waals surface area contributed by atoms with E-state index in [1.807, 2.05) is 0 Å². The van der Waals surface area contributed by atoms with Crippen LogP contribution in [0.1, 0.15) is 12.8 Å². The van der Waals surface area contributed by atoms with Crippen molar-refractivity contribution in [2.75, 3.05) is 13.1 Å². The molecule has 0 N–H and O–H groups in total. The van der Waals surface area contributed by atoms with E-state index in [0.717, 1.165) is 0 Å². The van der Waals surface area contributed by atoms with Gasteiger partial charge in [0.25, 0.3) is 0 Å². The molecular weight excluding hydrogens is 408 g/mol. The van der Waals surface area contributed by atoms with E-state index in [1.165, 1.54) is 0 Å². The molecule has 0 aliphatic rings. The molecule has 0 aliphatic heterocycles. The Morgan fingerprint density at radius 1 is 0.500 bits per heavy atom. The first-order valence-electron chi connectivity index (χ1n) is 4.81. The van der Waals surface area contributed by atoms with Crippen molar-refractivity contribution in [1.29, 1.82) is 0 Å². The molecule has 0 atom stereocenters. The molecule has 134 valence electrons. The fourth-order valence-electron chi connectivity index (χ4n) is 1.13. The molecule has 0 aromatic rings. The van der Waals surface area contributed by atoms with E-state index < -0.39 is 75.0 Å². The summed E-state index contributed by atoms with van der Waals surface area (Å²) in [5, 5.41) is 0. The minimum atomic E-state index is -6.01. The highest BCUT2D eigenvalue weighted by molar-refractivity contribution is 7.99. The van der Waals surface area contributed by atoms with Crippen LogP contribution in [0.3, 0.4) is 0 Å². The lowest BCUT2D eigenvalue weighted by Crippen LogP contribution is -2.34. The molecule has 0 aliphatic carbocycles. The minimum absolute atomic E-state index is 0.839. The van der Waals surface area contributed by atoms with Gasteiger partial charge in [0.05, 0.1) is 0 Å². The van der Waals surface area contributed by atoms with Gasteiger partial charge in [0.1, 0.15) is 0 Å². The molecule has 0 rings (SSSR count). The van der Waals surface area contributed by atoms with E-state index in [9.17, 15) is 49.2 Å². The zero-order valence-electron chi connectivity index (χ0n) is 10.1. The predicted octanol–water partition coefficient (Wildman–Crippen LogP) is -0.772. The molecule has 0 unspecified atom stereocenters. The molecule has 0 heterocycles. The Morgan fingerprint density at radius 2 is 0.682 bits per heavy atom. The van der Waals surface area contributed by atoms with E-state index in [2.05, 4.69) is 0 Å². The number of nitrogens with zero attached hydrogens (tertiary/aromatic N) is 2. The Kier molecular flexibility index (Phi) is 6.73. The van der Waals surface area contributed by atoms with E-state index in [-0.39, 0.29) is 0 Å². The number of unbranched alkanes of at least 4 members (excludes halogenated alkanes) is 1. The van der Waals surface area contributed by atoms with Crippen LogP contribution in [0, 0.1) is 0 Å². The van der Waals surface area contributed by atoms with Gasteiger partial charge in [-0.1, -0.05) is 15.5 Å². The molecule has 0 aromatic carbocycles. The van der Waals surface area contributed by atoms with Crippen molar-refractivity contribution in [3.05, 3.63) is 0 Å². The lowest BCUT2D eigenvalue weighted by atomic mass is 10.3. The van der Waals surface area contributed by atoms with Gasteiger partial charge < -0.3 is 0 Å². The smallest absolute Gasteiger partial charge is 0.176 e. The predicted molar refractivity (Wildman–Crippen MR) is 62.8 cm³/mol. The third-order valence-electron chi connectivity index (χ3n) is 1.90. The topological polar surface area (TPSA) is 143 Å². The summed E-state index contributed by atoms with van der Waals surface area (Å²) in [5.41, 5.74) is 0. The average molecular weight is 416 g/mol. The summed E-state index contributed by atoms with van der Waals surface area (Å²) >= 11 is 0. The zero-order valence-corrected chi connectivity index (χ0v) is 13.4. The van der Waals surface area contributed by atoms with Crippen LogP contribution in [-0.2, 0) is 41.6 Å². The van der Waals surface area contributed by atoms with Gasteiger partial charge in [-0.25, -0.2) is 0 Å². The molecule has 0 spiro atoms. The van der Waals surface area contributed by atoms with Gasteiger partial charge in [0, 0.05) is 13.1 Å². The maximum absolute atomic E-state index is 12.5. The Hall–Kier alpha value is -0.560. The Bertz CT molecular complexity index is 668. The van der Waals surface area contributed by atoms with Crippen molar-refractivity contribution in [3.63, 3.8) is 0 Å². The van der Waals surface area contributed by atoms with Gasteiger partial charge in [-0.15, -0.1) is 0 Å². The lowest BCUT2D eigenvalue weighted by molar-refractivity contribution is 0.414. The van der Waals surface area contributed by atoms with Crippen LogP contribution in [0.5, 0.6) is 0 Å². The van der Waals surface area contributed by atoms with Crippen LogP contribution in [-0.4, -0.2) is 54.2 Å². The summed E-state index contributed by atoms with van der Waals surface area (Å²) in [4.78, 5) is 0. The van der Waals surface area contributed by atoms with Gasteiger partial charge in [-0.2, -0.15) is 33.7 Å². The number of halogens is 4. The van der Waals surface area contributed by atoms with Gasteiger partial charge in [0.15, 0.2) is 0 Å². The van der Waals surface area contributed by atoms with E-state index in [1.54, 1.807) is 0 Å². The monoisotopic (exact) mass is 416 g/mol. The highest BCUT2D eigenvalue weighted by Gasteiger charge is 2.35. The Balaban J connectivity index is 4.92. The van der Waals surface area contributed by atoms with Crippen molar-refractivity contribution < 1.29 is 49.2 Å². The highest BCUT2D eigenvalue weighted by atomic mass is 32.3. The maximum Gasteiger partial charge on any atom is 0.390 e. The van der Waals surface area contributed by atoms with E-state index in [0.29, 0.717) is 0 Å². The van der Waals surface area contributed by atoms with Crippen LogP contribution in [0.4, 0.5) is 15.5 Å². The first-order valence-corrected chi connectivity index (χ1v) is 10.2. The summed E-state index contributed by atoms with van der Waals surface area (Å²) in [6.07, 6.45) is -1.68. The Morgan fingerprint density at radius 3 is 0.818 bits per heavy atom. The molecular formula is C4H8F4N2O8S4. The van der Waals surface area contributed by atoms with Crippen LogP contribution in [0.25, 0.3) is 0 Å². The first kappa shape index (κ1) is 21.4. The van der Waals surface area contributed by atoms with Crippen molar-refractivity contribution in [1.82, 2.24) is 7.42 Å². The van der Waals surface area contributed by atoms with Crippen LogP contribution < -0.4 is 0 Å². The summed E-state index contributed by atoms with van der Waals surface area (Å²) in [5.74, 6) is 0. The fourth-order valence-corrected chi connectivity index (χ4v) is 4.22. The third kappa shape index (κ3) is 7.13. The fraction of sp³-hybridized carbons (Fsp3) is 1.00. The standard InChI is InChI=1S/C4H8F4N2O8S4/c5-19(11,12)9(20(6,13)14)3-1-2-4-10(21(7,15)16)22(8,17)18/h1-4H2. The number of hydrogen-bond acceptors (Lipinski definition) is 8. The second-order valence-electron chi connectivity index (χ2n) is 3.47. The van der Waals surface area contributed by atoms with Crippen LogP contribution >= 0.6 is 0 Å². The summed E-state index contributed by atoms with van der Waals surface area (Å²) < 4.78 is 130. The van der Waals surface area contributed by atoms with Crippen LogP contribution in [0.2, 0.25) is 0 Å². The SMILES string of the molecule is O=S(=O)(F)N(CCCCN(S(=O)(=O)F)S(=O)(=O)F)S(=O)(=O)F. The molecule has 0 bridgehead atoms. The molecule has 0 aromatic heterocycles. The molecule has 10 nitrogen and oxygen atoms in total. The quantitative estimate of drug-likeness (QED) is 0.271. The molecule has 22 heavy (non-hydrogen) atoms. The Labute approximate surface area is 124 Å². The second-order valence-corrected chi connectivity index (χ2v) is 8.99. The van der Waals surface area contributed by atoms with Crippen molar-refractivity contribution in [2.24, 2.45) is 0 Å².